The van der Waals surface area contributed by atoms with Crippen LogP contribution in [0.15, 0.2) is 42.5 Å². The van der Waals surface area contributed by atoms with Crippen molar-refractivity contribution in [2.45, 2.75) is 70.6 Å². The summed E-state index contributed by atoms with van der Waals surface area (Å²) >= 11 is 0. The van der Waals surface area contributed by atoms with Crippen molar-refractivity contribution in [2.24, 2.45) is 17.8 Å². The van der Waals surface area contributed by atoms with Gasteiger partial charge in [0.1, 0.15) is 0 Å². The monoisotopic (exact) mass is 583 g/mol. The van der Waals surface area contributed by atoms with Gasteiger partial charge in [-0.05, 0) is 78.6 Å². The maximum Gasteiger partial charge on any atom is 0.416 e. The number of carbonyl (C=O) groups is 1. The first-order valence-electron chi connectivity index (χ1n) is 12.7. The Balaban J connectivity index is 2.23. The third kappa shape index (κ3) is 7.30. The molecule has 1 N–H and O–H groups in total. The minimum Gasteiger partial charge on any atom is -0.481 e. The molecule has 0 saturated carbocycles. The van der Waals surface area contributed by atoms with Crippen molar-refractivity contribution in [2.75, 3.05) is 6.54 Å². The van der Waals surface area contributed by atoms with E-state index in [0.717, 1.165) is 12.1 Å². The maximum atomic E-state index is 14.2. The summed E-state index contributed by atoms with van der Waals surface area (Å²) < 4.78 is 123. The largest absolute Gasteiger partial charge is 0.481 e. The van der Waals surface area contributed by atoms with Gasteiger partial charge < -0.3 is 5.11 Å². The lowest BCUT2D eigenvalue weighted by Crippen LogP contribution is -2.43. The minimum atomic E-state index is -4.97. The van der Waals surface area contributed by atoms with Crippen LogP contribution in [0.2, 0.25) is 0 Å². The van der Waals surface area contributed by atoms with Crippen molar-refractivity contribution in [3.05, 3.63) is 70.3 Å². The third-order valence-electron chi connectivity index (χ3n) is 7.75. The zero-order valence-corrected chi connectivity index (χ0v) is 22.0. The number of hydrogen-bond acceptors (Lipinski definition) is 2. The van der Waals surface area contributed by atoms with Crippen molar-refractivity contribution in [3.63, 3.8) is 0 Å². The molecule has 3 rings (SSSR count). The van der Waals surface area contributed by atoms with E-state index in [-0.39, 0.29) is 31.7 Å². The highest BCUT2D eigenvalue weighted by atomic mass is 19.4. The van der Waals surface area contributed by atoms with Gasteiger partial charge in [-0.1, -0.05) is 32.9 Å². The van der Waals surface area contributed by atoms with E-state index >= 15 is 0 Å². The quantitative estimate of drug-likeness (QED) is 0.331. The van der Waals surface area contributed by atoms with Crippen molar-refractivity contribution in [3.8, 4) is 0 Å². The second kappa shape index (κ2) is 11.6. The van der Waals surface area contributed by atoms with Crippen LogP contribution in [-0.2, 0) is 23.3 Å². The first kappa shape index (κ1) is 31.8. The van der Waals surface area contributed by atoms with E-state index in [0.29, 0.717) is 23.8 Å². The molecule has 1 fully saturated rings. The summed E-state index contributed by atoms with van der Waals surface area (Å²) in [4.78, 5) is 13.0. The summed E-state index contributed by atoms with van der Waals surface area (Å²) in [5.74, 6) is -2.43. The maximum absolute atomic E-state index is 14.2. The average Bonchev–Trinajstić information content (AvgIpc) is 2.82. The number of aliphatic carboxylic acids is 1. The van der Waals surface area contributed by atoms with Gasteiger partial charge in [-0.15, -0.1) is 0 Å². The fourth-order valence-corrected chi connectivity index (χ4v) is 5.41. The Hall–Kier alpha value is -2.76. The highest BCUT2D eigenvalue weighted by Gasteiger charge is 2.44. The summed E-state index contributed by atoms with van der Waals surface area (Å²) in [7, 11) is 0. The number of piperidine rings is 1. The standard InChI is InChI=1S/C28H30F9NO2/c1-15(2)16(3)25(21-14-20(27(32,33)34)8-9-22(21)28(35,36)37)38-11-10-17(13-24(39)40)12-23(38)18-4-6-19(7-5-18)26(29,30)31/h4-9,14-17,23,25H,10-13H2,1-3H3,(H,39,40). The van der Waals surface area contributed by atoms with Crippen LogP contribution in [0.3, 0.4) is 0 Å². The van der Waals surface area contributed by atoms with E-state index in [1.54, 1.807) is 25.7 Å². The minimum absolute atomic E-state index is 0.0406. The second-order valence-corrected chi connectivity index (χ2v) is 10.7. The van der Waals surface area contributed by atoms with E-state index < -0.39 is 70.7 Å². The van der Waals surface area contributed by atoms with E-state index in [2.05, 4.69) is 0 Å². The summed E-state index contributed by atoms with van der Waals surface area (Å²) in [5, 5.41) is 9.33. The predicted molar refractivity (Wildman–Crippen MR) is 129 cm³/mol. The molecule has 0 aliphatic carbocycles. The Kier molecular flexibility index (Phi) is 9.23. The van der Waals surface area contributed by atoms with Crippen molar-refractivity contribution in [1.29, 1.82) is 0 Å². The van der Waals surface area contributed by atoms with Crippen LogP contribution in [0.1, 0.15) is 79.9 Å². The number of carboxylic acids is 1. The van der Waals surface area contributed by atoms with E-state index in [1.165, 1.54) is 12.1 Å². The van der Waals surface area contributed by atoms with Crippen LogP contribution in [-0.4, -0.2) is 22.5 Å². The summed E-state index contributed by atoms with van der Waals surface area (Å²) in [6.07, 6.45) is -14.4. The smallest absolute Gasteiger partial charge is 0.416 e. The zero-order chi connectivity index (χ0) is 30.2. The molecule has 0 aromatic heterocycles. The molecule has 2 aromatic rings. The van der Waals surface area contributed by atoms with Gasteiger partial charge in [0.2, 0.25) is 0 Å². The third-order valence-corrected chi connectivity index (χ3v) is 7.75. The summed E-state index contributed by atoms with van der Waals surface area (Å²) in [6.45, 7) is 5.12. The van der Waals surface area contributed by atoms with Gasteiger partial charge in [-0.2, -0.15) is 39.5 Å². The van der Waals surface area contributed by atoms with Crippen molar-refractivity contribution < 1.29 is 49.4 Å². The second-order valence-electron chi connectivity index (χ2n) is 10.7. The Morgan fingerprint density at radius 3 is 1.90 bits per heavy atom. The number of likely N-dealkylation sites (tertiary alicyclic amines) is 1. The molecule has 2 aromatic carbocycles. The Bertz CT molecular complexity index is 1170. The van der Waals surface area contributed by atoms with Gasteiger partial charge >= 0.3 is 24.5 Å². The molecule has 1 saturated heterocycles. The molecule has 0 amide bonds. The highest BCUT2D eigenvalue weighted by molar-refractivity contribution is 5.67. The van der Waals surface area contributed by atoms with Crippen LogP contribution >= 0.6 is 0 Å². The Morgan fingerprint density at radius 1 is 0.875 bits per heavy atom. The van der Waals surface area contributed by atoms with Gasteiger partial charge in [0.25, 0.3) is 0 Å². The number of alkyl halides is 9. The van der Waals surface area contributed by atoms with Crippen LogP contribution in [0.5, 0.6) is 0 Å². The predicted octanol–water partition coefficient (Wildman–Crippen LogP) is 9.00. The molecule has 0 radical (unpaired) electrons. The molecule has 4 atom stereocenters. The number of rotatable bonds is 7. The highest BCUT2D eigenvalue weighted by Crippen LogP contribution is 2.49. The number of hydrogen-bond donors (Lipinski definition) is 1. The fourth-order valence-electron chi connectivity index (χ4n) is 5.41. The van der Waals surface area contributed by atoms with Gasteiger partial charge in [-0.3, -0.25) is 9.69 Å². The molecule has 40 heavy (non-hydrogen) atoms. The molecule has 1 aliphatic rings. The normalized spacial score (nSPS) is 20.9. The first-order chi connectivity index (χ1) is 18.3. The molecule has 1 aliphatic heterocycles. The number of halogens is 9. The molecular formula is C28H30F9NO2. The molecule has 0 spiro atoms. The molecule has 222 valence electrons. The molecule has 3 nitrogen and oxygen atoms in total. The van der Waals surface area contributed by atoms with Crippen LogP contribution < -0.4 is 0 Å². The lowest BCUT2D eigenvalue weighted by molar-refractivity contribution is -0.143. The lowest BCUT2D eigenvalue weighted by Gasteiger charge is -2.47. The fraction of sp³-hybridized carbons (Fsp3) is 0.536. The van der Waals surface area contributed by atoms with Gasteiger partial charge in [-0.25, -0.2) is 0 Å². The zero-order valence-electron chi connectivity index (χ0n) is 22.0. The van der Waals surface area contributed by atoms with Gasteiger partial charge in [0.05, 0.1) is 16.7 Å². The number of benzene rings is 2. The van der Waals surface area contributed by atoms with Crippen molar-refractivity contribution in [1.82, 2.24) is 4.90 Å². The molecular weight excluding hydrogens is 553 g/mol. The molecule has 1 heterocycles. The Labute approximate surface area is 226 Å². The topological polar surface area (TPSA) is 40.5 Å². The van der Waals surface area contributed by atoms with E-state index in [1.807, 2.05) is 0 Å². The molecule has 12 heteroatoms. The number of carboxylic acid groups (broad SMARTS) is 1. The van der Waals surface area contributed by atoms with Crippen LogP contribution in [0.25, 0.3) is 0 Å². The van der Waals surface area contributed by atoms with Crippen LogP contribution in [0, 0.1) is 17.8 Å². The first-order valence-corrected chi connectivity index (χ1v) is 12.7. The SMILES string of the molecule is CC(C)C(C)C(c1cc(C(F)(F)F)ccc1C(F)(F)F)N1CCC(CC(=O)O)CC1c1ccc(C(F)(F)F)cc1. The summed E-state index contributed by atoms with van der Waals surface area (Å²) in [5.41, 5.74) is -3.67. The molecule has 0 bridgehead atoms. The average molecular weight is 584 g/mol. The van der Waals surface area contributed by atoms with Gasteiger partial charge in [0.15, 0.2) is 0 Å². The lowest BCUT2D eigenvalue weighted by atomic mass is 9.77. The van der Waals surface area contributed by atoms with E-state index in [4.69, 9.17) is 0 Å². The van der Waals surface area contributed by atoms with Crippen molar-refractivity contribution >= 4 is 5.97 Å². The van der Waals surface area contributed by atoms with Gasteiger partial charge in [0, 0.05) is 18.5 Å². The Morgan fingerprint density at radius 2 is 1.43 bits per heavy atom. The number of nitrogens with zero attached hydrogens (tertiary/aromatic N) is 1. The van der Waals surface area contributed by atoms with E-state index in [9.17, 15) is 49.4 Å². The van der Waals surface area contributed by atoms with Crippen LogP contribution in [0.4, 0.5) is 39.5 Å². The molecule has 4 unspecified atom stereocenters. The summed E-state index contributed by atoms with van der Waals surface area (Å²) in [6, 6.07) is 3.34.